The van der Waals surface area contributed by atoms with Gasteiger partial charge in [-0.3, -0.25) is 4.79 Å². The fourth-order valence-electron chi connectivity index (χ4n) is 7.97. The van der Waals surface area contributed by atoms with Crippen LogP contribution in [0.1, 0.15) is 43.0 Å². The summed E-state index contributed by atoms with van der Waals surface area (Å²) in [6, 6.07) is 60.6. The van der Waals surface area contributed by atoms with E-state index in [1.54, 1.807) is 12.2 Å². The Labute approximate surface area is 362 Å². The summed E-state index contributed by atoms with van der Waals surface area (Å²) in [4.78, 5) is 14.7. The highest BCUT2D eigenvalue weighted by Gasteiger charge is 2.52. The molecule has 0 amide bonds. The van der Waals surface area contributed by atoms with Gasteiger partial charge in [-0.2, -0.15) is 0 Å². The Bertz CT molecular complexity index is 2180. The Hall–Kier alpha value is -5.29. The largest absolute Gasteiger partial charge is 0.404 e. The molecule has 7 rings (SSSR count). The first-order valence-electron chi connectivity index (χ1n) is 21.0. The number of carbonyl (C=O) groups excluding carboxylic acids is 1. The van der Waals surface area contributed by atoms with Crippen LogP contribution < -0.4 is 10.4 Å². The minimum absolute atomic E-state index is 0.214. The molecule has 0 bridgehead atoms. The smallest absolute Gasteiger partial charge is 0.261 e. The molecule has 0 saturated carbocycles. The molecule has 1 aliphatic heterocycles. The predicted molar refractivity (Wildman–Crippen MR) is 243 cm³/mol. The maximum atomic E-state index is 14.7. The molecule has 1 aliphatic rings. The summed E-state index contributed by atoms with van der Waals surface area (Å²) >= 11 is 0. The fraction of sp³-hybridized carbons (Fsp3) is 0.264. The minimum Gasteiger partial charge on any atom is -0.404 e. The standard InChI is InChI=1S/C53H56O7Si/c1-53(2,3)61(45-31-18-8-19-32-45,46-33-20-9-21-34-46)59-36-22-35-47(54)48-49(55-37-41-23-10-4-11-24-41)50(56-38-42-25-12-5-13-26-42)51(57-39-43-27-14-6-15-28-43)52(60-48)58-40-44-29-16-7-17-30-44/h4-35,48-52H,36-40H2,1-3H3/b35-22+/t48-,49-,50+,51+,52+/m1/s1. The summed E-state index contributed by atoms with van der Waals surface area (Å²) in [5.74, 6) is -0.285. The number of ether oxygens (including phenoxy) is 5. The van der Waals surface area contributed by atoms with E-state index in [2.05, 4.69) is 69.3 Å². The second-order valence-corrected chi connectivity index (χ2v) is 20.6. The van der Waals surface area contributed by atoms with Gasteiger partial charge < -0.3 is 28.1 Å². The van der Waals surface area contributed by atoms with Crippen LogP contribution in [0.3, 0.4) is 0 Å². The third kappa shape index (κ3) is 11.4. The molecule has 7 nitrogen and oxygen atoms in total. The van der Waals surface area contributed by atoms with E-state index in [1.165, 1.54) is 0 Å². The zero-order chi connectivity index (χ0) is 42.3. The maximum absolute atomic E-state index is 14.7. The van der Waals surface area contributed by atoms with Crippen molar-refractivity contribution >= 4 is 24.5 Å². The van der Waals surface area contributed by atoms with Gasteiger partial charge in [0.15, 0.2) is 18.2 Å². The number of benzene rings is 6. The molecule has 1 heterocycles. The summed E-state index contributed by atoms with van der Waals surface area (Å²) in [5, 5.41) is 2.10. The van der Waals surface area contributed by atoms with Crippen LogP contribution in [0.5, 0.6) is 0 Å². The topological polar surface area (TPSA) is 72.5 Å². The van der Waals surface area contributed by atoms with Crippen molar-refractivity contribution in [2.24, 2.45) is 0 Å². The molecule has 0 radical (unpaired) electrons. The summed E-state index contributed by atoms with van der Waals surface area (Å²) < 4.78 is 40.8. The summed E-state index contributed by atoms with van der Waals surface area (Å²) in [6.45, 7) is 7.92. The van der Waals surface area contributed by atoms with Crippen LogP contribution in [0.4, 0.5) is 0 Å². The molecule has 314 valence electrons. The predicted octanol–water partition coefficient (Wildman–Crippen LogP) is 9.39. The Morgan fingerprint density at radius 1 is 0.508 bits per heavy atom. The first-order valence-corrected chi connectivity index (χ1v) is 23.0. The van der Waals surface area contributed by atoms with Crippen LogP contribution in [0.2, 0.25) is 5.04 Å². The van der Waals surface area contributed by atoms with Crippen LogP contribution in [0, 0.1) is 0 Å². The van der Waals surface area contributed by atoms with Crippen molar-refractivity contribution in [3.05, 3.63) is 216 Å². The lowest BCUT2D eigenvalue weighted by Crippen LogP contribution is -2.66. The maximum Gasteiger partial charge on any atom is 0.261 e. The van der Waals surface area contributed by atoms with Crippen molar-refractivity contribution in [3.8, 4) is 0 Å². The zero-order valence-electron chi connectivity index (χ0n) is 35.3. The van der Waals surface area contributed by atoms with Crippen molar-refractivity contribution in [2.45, 2.75) is 82.9 Å². The highest BCUT2D eigenvalue weighted by atomic mass is 28.4. The molecule has 0 N–H and O–H groups in total. The van der Waals surface area contributed by atoms with Crippen LogP contribution >= 0.6 is 0 Å². The zero-order valence-corrected chi connectivity index (χ0v) is 36.3. The first-order chi connectivity index (χ1) is 29.8. The van der Waals surface area contributed by atoms with E-state index in [0.29, 0.717) is 0 Å². The first kappa shape index (κ1) is 43.8. The lowest BCUT2D eigenvalue weighted by atomic mass is 9.94. The second kappa shape index (κ2) is 21.5. The minimum atomic E-state index is -2.85. The second-order valence-electron chi connectivity index (χ2n) is 16.3. The monoisotopic (exact) mass is 832 g/mol. The Balaban J connectivity index is 1.22. The normalized spacial score (nSPS) is 19.5. The molecular weight excluding hydrogens is 777 g/mol. The average molecular weight is 833 g/mol. The van der Waals surface area contributed by atoms with Crippen molar-refractivity contribution in [1.82, 2.24) is 0 Å². The summed E-state index contributed by atoms with van der Waals surface area (Å²) in [6.07, 6.45) is -1.09. The van der Waals surface area contributed by atoms with Gasteiger partial charge in [0.25, 0.3) is 8.32 Å². The average Bonchev–Trinajstić information content (AvgIpc) is 3.30. The number of carbonyl (C=O) groups is 1. The van der Waals surface area contributed by atoms with Gasteiger partial charge in [-0.15, -0.1) is 0 Å². The Morgan fingerprint density at radius 3 is 1.28 bits per heavy atom. The molecule has 0 unspecified atom stereocenters. The van der Waals surface area contributed by atoms with Crippen LogP contribution in [-0.4, -0.2) is 51.4 Å². The molecular formula is C53H56O7Si. The van der Waals surface area contributed by atoms with Crippen LogP contribution in [0.15, 0.2) is 194 Å². The molecule has 0 aliphatic carbocycles. The lowest BCUT2D eigenvalue weighted by Gasteiger charge is -2.45. The van der Waals surface area contributed by atoms with E-state index in [0.717, 1.165) is 32.6 Å². The highest BCUT2D eigenvalue weighted by molar-refractivity contribution is 6.99. The fourth-order valence-corrected chi connectivity index (χ4v) is 12.5. The van der Waals surface area contributed by atoms with E-state index < -0.39 is 39.0 Å². The molecule has 61 heavy (non-hydrogen) atoms. The molecule has 0 aromatic heterocycles. The molecule has 1 saturated heterocycles. The van der Waals surface area contributed by atoms with Gasteiger partial charge in [0.1, 0.15) is 18.3 Å². The van der Waals surface area contributed by atoms with Gasteiger partial charge in [-0.25, -0.2) is 0 Å². The number of hydrogen-bond donors (Lipinski definition) is 0. The van der Waals surface area contributed by atoms with Gasteiger partial charge in [0, 0.05) is 0 Å². The molecule has 6 aromatic rings. The van der Waals surface area contributed by atoms with Crippen molar-refractivity contribution < 1.29 is 32.9 Å². The Morgan fingerprint density at radius 2 is 0.869 bits per heavy atom. The van der Waals surface area contributed by atoms with E-state index in [-0.39, 0.29) is 43.9 Å². The SMILES string of the molecule is CC(C)(C)[Si](OC/C=C/C(=O)[C@H]1O[C@H](OCc2ccccc2)[C@@H](OCc2ccccc2)[C@@H](OCc2ccccc2)[C@@H]1OCc1ccccc1)(c1ccccc1)c1ccccc1. The summed E-state index contributed by atoms with van der Waals surface area (Å²) in [5.41, 5.74) is 3.87. The lowest BCUT2D eigenvalue weighted by molar-refractivity contribution is -0.318. The van der Waals surface area contributed by atoms with Crippen molar-refractivity contribution in [3.63, 3.8) is 0 Å². The molecule has 5 atom stereocenters. The van der Waals surface area contributed by atoms with Gasteiger partial charge in [0.05, 0.1) is 33.0 Å². The highest BCUT2D eigenvalue weighted by Crippen LogP contribution is 2.37. The van der Waals surface area contributed by atoms with Crippen LogP contribution in [-0.2, 0) is 59.3 Å². The molecule has 0 spiro atoms. The third-order valence-electron chi connectivity index (χ3n) is 11.0. The van der Waals surface area contributed by atoms with E-state index in [9.17, 15) is 4.79 Å². The van der Waals surface area contributed by atoms with Gasteiger partial charge in [0.2, 0.25) is 0 Å². The summed E-state index contributed by atoms with van der Waals surface area (Å²) in [7, 11) is -2.85. The van der Waals surface area contributed by atoms with Crippen LogP contribution in [0.25, 0.3) is 0 Å². The van der Waals surface area contributed by atoms with Crippen molar-refractivity contribution in [2.75, 3.05) is 6.61 Å². The third-order valence-corrected chi connectivity index (χ3v) is 16.0. The number of ketones is 1. The quantitative estimate of drug-likeness (QED) is 0.0595. The van der Waals surface area contributed by atoms with Gasteiger partial charge in [-0.1, -0.05) is 209 Å². The van der Waals surface area contributed by atoms with E-state index in [1.807, 2.05) is 133 Å². The molecule has 6 aromatic carbocycles. The van der Waals surface area contributed by atoms with E-state index >= 15 is 0 Å². The molecule has 1 fully saturated rings. The van der Waals surface area contributed by atoms with Crippen molar-refractivity contribution in [1.29, 1.82) is 0 Å². The van der Waals surface area contributed by atoms with E-state index in [4.69, 9.17) is 28.1 Å². The Kier molecular flexibility index (Phi) is 15.4. The number of hydrogen-bond acceptors (Lipinski definition) is 7. The molecule has 8 heteroatoms. The van der Waals surface area contributed by atoms with Gasteiger partial charge >= 0.3 is 0 Å². The van der Waals surface area contributed by atoms with Gasteiger partial charge in [-0.05, 0) is 43.7 Å². The number of rotatable bonds is 19.